The van der Waals surface area contributed by atoms with E-state index in [0.717, 1.165) is 52.7 Å². The van der Waals surface area contributed by atoms with Crippen molar-refractivity contribution in [3.8, 4) is 5.75 Å². The van der Waals surface area contributed by atoms with Crippen LogP contribution >= 0.6 is 34.5 Å². The van der Waals surface area contributed by atoms with Crippen molar-refractivity contribution in [2.75, 3.05) is 32.8 Å². The van der Waals surface area contributed by atoms with Crippen molar-refractivity contribution >= 4 is 44.8 Å². The van der Waals surface area contributed by atoms with Gasteiger partial charge in [-0.05, 0) is 36.8 Å². The second kappa shape index (κ2) is 9.81. The average molecular weight is 465 g/mol. The van der Waals surface area contributed by atoms with E-state index in [1.807, 2.05) is 37.3 Å². The Bertz CT molecular complexity index is 1010. The highest BCUT2D eigenvalue weighted by molar-refractivity contribution is 7.18. The van der Waals surface area contributed by atoms with Gasteiger partial charge in [0.15, 0.2) is 0 Å². The van der Waals surface area contributed by atoms with Gasteiger partial charge < -0.3 is 9.84 Å². The predicted molar refractivity (Wildman–Crippen MR) is 123 cm³/mol. The van der Waals surface area contributed by atoms with Crippen molar-refractivity contribution in [1.29, 1.82) is 0 Å². The summed E-state index contributed by atoms with van der Waals surface area (Å²) in [5.74, 6) is 0.739. The third-order valence-electron chi connectivity index (χ3n) is 5.07. The Morgan fingerprint density at radius 2 is 2.07 bits per heavy atom. The smallest absolute Gasteiger partial charge is 0.121 e. The molecule has 3 aromatic rings. The number of piperazine rings is 1. The Hall–Kier alpha value is -1.41. The highest BCUT2D eigenvalue weighted by atomic mass is 35.5. The summed E-state index contributed by atoms with van der Waals surface area (Å²) < 4.78 is 6.94. The van der Waals surface area contributed by atoms with Gasteiger partial charge in [-0.3, -0.25) is 9.80 Å². The SMILES string of the molecule is Cc1nc2cc(OCC(O)CN3C[CH]N(Cc4ccc(Cl)cc4Cl)CC3)ccc2s1. The molecule has 8 heteroatoms. The van der Waals surface area contributed by atoms with E-state index in [-0.39, 0.29) is 6.61 Å². The summed E-state index contributed by atoms with van der Waals surface area (Å²) in [7, 11) is 0. The first-order valence-corrected chi connectivity index (χ1v) is 11.5. The second-order valence-electron chi connectivity index (χ2n) is 7.48. The van der Waals surface area contributed by atoms with E-state index in [1.54, 1.807) is 17.4 Å². The first-order valence-electron chi connectivity index (χ1n) is 9.88. The van der Waals surface area contributed by atoms with Gasteiger partial charge in [0.2, 0.25) is 0 Å². The number of nitrogens with zero attached hydrogens (tertiary/aromatic N) is 3. The van der Waals surface area contributed by atoms with Crippen LogP contribution in [-0.2, 0) is 6.54 Å². The van der Waals surface area contributed by atoms with Crippen molar-refractivity contribution in [3.05, 3.63) is 63.6 Å². The van der Waals surface area contributed by atoms with Crippen LogP contribution in [-0.4, -0.2) is 58.8 Å². The zero-order chi connectivity index (χ0) is 21.1. The lowest BCUT2D eigenvalue weighted by Crippen LogP contribution is -2.46. The van der Waals surface area contributed by atoms with Crippen molar-refractivity contribution in [3.63, 3.8) is 0 Å². The van der Waals surface area contributed by atoms with Gasteiger partial charge in [0.1, 0.15) is 18.5 Å². The molecule has 2 heterocycles. The lowest BCUT2D eigenvalue weighted by atomic mass is 10.2. The molecule has 0 spiro atoms. The second-order valence-corrected chi connectivity index (χ2v) is 9.55. The minimum atomic E-state index is -0.552. The van der Waals surface area contributed by atoms with Crippen LogP contribution < -0.4 is 4.74 Å². The lowest BCUT2D eigenvalue weighted by molar-refractivity contribution is 0.0549. The number of aryl methyl sites for hydroxylation is 1. The normalized spacial score (nSPS) is 16.8. The molecule has 0 saturated carbocycles. The Kier molecular flexibility index (Phi) is 7.13. The molecule has 1 aliphatic rings. The van der Waals surface area contributed by atoms with Gasteiger partial charge in [-0.25, -0.2) is 4.98 Å². The molecule has 0 amide bonds. The number of aromatic nitrogens is 1. The van der Waals surface area contributed by atoms with Crippen LogP contribution in [0.1, 0.15) is 10.6 Å². The number of rotatable bonds is 7. The molecule has 1 fully saturated rings. The van der Waals surface area contributed by atoms with E-state index in [4.69, 9.17) is 27.9 Å². The van der Waals surface area contributed by atoms with Crippen LogP contribution in [0.4, 0.5) is 0 Å². The summed E-state index contributed by atoms with van der Waals surface area (Å²) >= 11 is 13.9. The number of aliphatic hydroxyl groups is 1. The molecule has 0 aliphatic carbocycles. The quantitative estimate of drug-likeness (QED) is 0.552. The molecule has 1 N–H and O–H groups in total. The molecule has 2 aromatic carbocycles. The number of thiazole rings is 1. The molecule has 0 bridgehead atoms. The predicted octanol–water partition coefficient (Wildman–Crippen LogP) is 4.63. The van der Waals surface area contributed by atoms with Gasteiger partial charge in [0, 0.05) is 55.4 Å². The highest BCUT2D eigenvalue weighted by Gasteiger charge is 2.20. The van der Waals surface area contributed by atoms with Crippen molar-refractivity contribution in [2.24, 2.45) is 0 Å². The molecule has 159 valence electrons. The zero-order valence-electron chi connectivity index (χ0n) is 16.7. The molecular weight excluding hydrogens is 441 g/mol. The molecular formula is C22H24Cl2N3O2S. The van der Waals surface area contributed by atoms with Gasteiger partial charge in [-0.15, -0.1) is 11.3 Å². The molecule has 30 heavy (non-hydrogen) atoms. The maximum Gasteiger partial charge on any atom is 0.121 e. The number of ether oxygens (including phenoxy) is 1. The van der Waals surface area contributed by atoms with Crippen molar-refractivity contribution in [2.45, 2.75) is 19.6 Å². The third-order valence-corrected chi connectivity index (χ3v) is 6.61. The summed E-state index contributed by atoms with van der Waals surface area (Å²) in [6.07, 6.45) is -0.552. The fraction of sp³-hybridized carbons (Fsp3) is 0.364. The number of halogens is 2. The largest absolute Gasteiger partial charge is 0.491 e. The lowest BCUT2D eigenvalue weighted by Gasteiger charge is -2.35. The van der Waals surface area contributed by atoms with Crippen LogP contribution in [0, 0.1) is 13.5 Å². The molecule has 1 atom stereocenters. The number of hydrogen-bond donors (Lipinski definition) is 1. The monoisotopic (exact) mass is 464 g/mol. The highest BCUT2D eigenvalue weighted by Crippen LogP contribution is 2.26. The van der Waals surface area contributed by atoms with Crippen molar-refractivity contribution in [1.82, 2.24) is 14.8 Å². The van der Waals surface area contributed by atoms with Gasteiger partial charge in [-0.2, -0.15) is 0 Å². The fourth-order valence-corrected chi connectivity index (χ4v) is 4.79. The Morgan fingerprint density at radius 1 is 1.20 bits per heavy atom. The van der Waals surface area contributed by atoms with E-state index in [9.17, 15) is 5.11 Å². The first kappa shape index (κ1) is 21.8. The maximum absolute atomic E-state index is 10.4. The maximum atomic E-state index is 10.4. The number of aliphatic hydroxyl groups excluding tert-OH is 1. The molecule has 1 aromatic heterocycles. The number of fused-ring (bicyclic) bond motifs is 1. The Morgan fingerprint density at radius 3 is 2.83 bits per heavy atom. The van der Waals surface area contributed by atoms with Gasteiger partial charge in [0.25, 0.3) is 0 Å². The van der Waals surface area contributed by atoms with E-state index in [1.165, 1.54) is 0 Å². The van der Waals surface area contributed by atoms with Crippen LogP contribution in [0.15, 0.2) is 36.4 Å². The van der Waals surface area contributed by atoms with E-state index >= 15 is 0 Å². The minimum absolute atomic E-state index is 0.259. The standard InChI is InChI=1S/C22H24Cl2N3O2S/c1-15-25-21-11-19(4-5-22(21)30-15)29-14-18(28)13-27-8-6-26(7-9-27)12-16-2-3-17(23)10-20(16)24/h2-6,10-11,18,28H,7-9,12-14H2,1H3. The summed E-state index contributed by atoms with van der Waals surface area (Å²) in [6.45, 7) is 8.28. The van der Waals surface area contributed by atoms with Crippen LogP contribution in [0.2, 0.25) is 10.0 Å². The summed E-state index contributed by atoms with van der Waals surface area (Å²) in [5.41, 5.74) is 2.00. The van der Waals surface area contributed by atoms with Crippen LogP contribution in [0.5, 0.6) is 5.75 Å². The first-order chi connectivity index (χ1) is 14.5. The van der Waals surface area contributed by atoms with Gasteiger partial charge >= 0.3 is 0 Å². The van der Waals surface area contributed by atoms with E-state index in [2.05, 4.69) is 21.3 Å². The summed E-state index contributed by atoms with van der Waals surface area (Å²) in [6, 6.07) is 11.5. The fourth-order valence-electron chi connectivity index (χ4n) is 3.52. The molecule has 4 rings (SSSR count). The topological polar surface area (TPSA) is 48.8 Å². The molecule has 1 radical (unpaired) electrons. The Balaban J connectivity index is 1.21. The molecule has 5 nitrogen and oxygen atoms in total. The minimum Gasteiger partial charge on any atom is -0.491 e. The third kappa shape index (κ3) is 5.63. The number of β-amino-alcohol motifs (C(OH)–C–C–N with tert-alkyl or cyclic N) is 1. The van der Waals surface area contributed by atoms with Gasteiger partial charge in [0.05, 0.1) is 15.2 Å². The van der Waals surface area contributed by atoms with E-state index in [0.29, 0.717) is 16.6 Å². The Labute approximate surface area is 190 Å². The average Bonchev–Trinajstić information content (AvgIpc) is 3.09. The van der Waals surface area contributed by atoms with Crippen molar-refractivity contribution < 1.29 is 9.84 Å². The number of benzene rings is 2. The van der Waals surface area contributed by atoms with Gasteiger partial charge in [-0.1, -0.05) is 29.3 Å². The van der Waals surface area contributed by atoms with Crippen LogP contribution in [0.3, 0.4) is 0 Å². The molecule has 1 aliphatic heterocycles. The molecule has 1 saturated heterocycles. The van der Waals surface area contributed by atoms with Crippen LogP contribution in [0.25, 0.3) is 10.2 Å². The van der Waals surface area contributed by atoms with E-state index < -0.39 is 6.10 Å². The zero-order valence-corrected chi connectivity index (χ0v) is 19.1. The summed E-state index contributed by atoms with van der Waals surface area (Å²) in [5, 5.41) is 12.8. The number of hydrogen-bond acceptors (Lipinski definition) is 6. The molecule has 1 unspecified atom stereocenters. The summed E-state index contributed by atoms with van der Waals surface area (Å²) in [4.78, 5) is 8.96.